The van der Waals surface area contributed by atoms with E-state index < -0.39 is 40.9 Å². The molecule has 11 heteroatoms. The van der Waals surface area contributed by atoms with Crippen molar-refractivity contribution in [3.63, 3.8) is 0 Å². The van der Waals surface area contributed by atoms with Gasteiger partial charge in [0.05, 0.1) is 45.2 Å². The molecule has 8 nitrogen and oxygen atoms in total. The number of anilines is 2. The molecule has 4 aliphatic rings. The second kappa shape index (κ2) is 12.5. The van der Waals surface area contributed by atoms with E-state index in [1.807, 2.05) is 77.2 Å². The number of rotatable bonds is 5. The van der Waals surface area contributed by atoms with Gasteiger partial charge in [-0.25, -0.2) is 4.90 Å². The number of fused-ring (bicyclic) bond motifs is 4. The van der Waals surface area contributed by atoms with Gasteiger partial charge in [0.1, 0.15) is 0 Å². The van der Waals surface area contributed by atoms with Crippen LogP contribution in [0.2, 0.25) is 5.02 Å². The first kappa shape index (κ1) is 33.4. The minimum Gasteiger partial charge on any atom is -0.504 e. The zero-order chi connectivity index (χ0) is 35.1. The monoisotopic (exact) mass is 910 g/mol. The minimum atomic E-state index is -1.43. The van der Waals surface area contributed by atoms with Crippen molar-refractivity contribution in [3.05, 3.63) is 126 Å². The lowest BCUT2D eigenvalue weighted by atomic mass is 9.49. The van der Waals surface area contributed by atoms with Crippen LogP contribution in [0, 0.1) is 30.8 Å². The van der Waals surface area contributed by atoms with Crippen LogP contribution in [0.4, 0.5) is 11.4 Å². The van der Waals surface area contributed by atoms with E-state index in [2.05, 4.69) is 22.6 Å². The Labute approximate surface area is 320 Å². The van der Waals surface area contributed by atoms with Crippen LogP contribution in [0.3, 0.4) is 0 Å². The summed E-state index contributed by atoms with van der Waals surface area (Å²) in [5.74, 6) is -4.64. The lowest BCUT2D eigenvalue weighted by molar-refractivity contribution is -0.127. The van der Waals surface area contributed by atoms with E-state index in [1.165, 1.54) is 16.9 Å². The highest BCUT2D eigenvalue weighted by Gasteiger charge is 2.70. The molecular formula is C39H29ClI2N2O6. The topological polar surface area (TPSA) is 104 Å². The molecule has 2 saturated heterocycles. The number of imide groups is 2. The fourth-order valence-corrected chi connectivity index (χ4v) is 10.0. The molecule has 4 amide bonds. The number of methoxy groups -OCH3 is 1. The van der Waals surface area contributed by atoms with Crippen molar-refractivity contribution in [3.8, 4) is 11.5 Å². The molecule has 50 heavy (non-hydrogen) atoms. The maximum absolute atomic E-state index is 15.4. The van der Waals surface area contributed by atoms with E-state index in [-0.39, 0.29) is 35.6 Å². The van der Waals surface area contributed by atoms with E-state index in [0.29, 0.717) is 37.5 Å². The van der Waals surface area contributed by atoms with Gasteiger partial charge in [0.2, 0.25) is 23.6 Å². The Hall–Kier alpha value is -3.75. The van der Waals surface area contributed by atoms with Gasteiger partial charge in [0.15, 0.2) is 11.5 Å². The molecule has 1 N–H and O–H groups in total. The first-order chi connectivity index (χ1) is 24.1. The van der Waals surface area contributed by atoms with Crippen LogP contribution >= 0.6 is 56.8 Å². The number of aromatic hydroxyl groups is 1. The average molecular weight is 911 g/mol. The summed E-state index contributed by atoms with van der Waals surface area (Å²) in [5.41, 5.74) is 1.60. The Morgan fingerprint density at radius 1 is 0.820 bits per heavy atom. The number of amides is 4. The Bertz CT molecular complexity index is 2140. The van der Waals surface area contributed by atoms with Gasteiger partial charge >= 0.3 is 0 Å². The third-order valence-corrected chi connectivity index (χ3v) is 12.6. The maximum atomic E-state index is 15.4. The maximum Gasteiger partial charge on any atom is 0.246 e. The zero-order valence-corrected chi connectivity index (χ0v) is 31.6. The molecule has 4 aromatic rings. The fraction of sp³-hybridized carbons (Fsp3) is 0.231. The normalized spacial score (nSPS) is 27.2. The van der Waals surface area contributed by atoms with Gasteiger partial charge < -0.3 is 9.84 Å². The molecular weight excluding hydrogens is 882 g/mol. The van der Waals surface area contributed by atoms with Crippen molar-refractivity contribution in [2.45, 2.75) is 24.2 Å². The number of ether oxygens (including phenoxy) is 1. The molecule has 6 atom stereocenters. The van der Waals surface area contributed by atoms with Crippen molar-refractivity contribution in [2.24, 2.45) is 23.7 Å². The Kier molecular flexibility index (Phi) is 8.34. The van der Waals surface area contributed by atoms with E-state index in [1.54, 1.807) is 42.5 Å². The molecule has 0 radical (unpaired) electrons. The highest BCUT2D eigenvalue weighted by atomic mass is 127. The number of benzene rings is 4. The second-order valence-electron chi connectivity index (χ2n) is 13.1. The Morgan fingerprint density at radius 2 is 1.56 bits per heavy atom. The van der Waals surface area contributed by atoms with Gasteiger partial charge in [-0.1, -0.05) is 59.6 Å². The molecule has 1 saturated carbocycles. The smallest absolute Gasteiger partial charge is 0.246 e. The Balaban J connectivity index is 1.37. The molecule has 6 unspecified atom stereocenters. The summed E-state index contributed by atoms with van der Waals surface area (Å²) < 4.78 is 7.10. The number of phenolic OH excluding ortho intramolecular Hbond substituents is 1. The summed E-state index contributed by atoms with van der Waals surface area (Å²) >= 11 is 10.6. The lowest BCUT2D eigenvalue weighted by Gasteiger charge is -2.50. The Morgan fingerprint density at radius 3 is 2.26 bits per heavy atom. The molecule has 3 fully saturated rings. The number of nitrogens with zero attached hydrogens (tertiary/aromatic N) is 2. The largest absolute Gasteiger partial charge is 0.504 e. The number of halogens is 3. The predicted octanol–water partition coefficient (Wildman–Crippen LogP) is 7.63. The third-order valence-electron chi connectivity index (χ3n) is 10.9. The van der Waals surface area contributed by atoms with Crippen LogP contribution in [-0.2, 0) is 24.6 Å². The number of phenols is 1. The van der Waals surface area contributed by atoms with Crippen LogP contribution in [0.15, 0.2) is 103 Å². The van der Waals surface area contributed by atoms with Crippen LogP contribution in [-0.4, -0.2) is 35.8 Å². The van der Waals surface area contributed by atoms with Gasteiger partial charge in [-0.3, -0.25) is 24.1 Å². The second-order valence-corrected chi connectivity index (χ2v) is 16.0. The van der Waals surface area contributed by atoms with E-state index in [9.17, 15) is 19.5 Å². The number of hydrogen-bond donors (Lipinski definition) is 1. The predicted molar refractivity (Wildman–Crippen MR) is 205 cm³/mol. The molecule has 0 spiro atoms. The first-order valence-corrected chi connectivity index (χ1v) is 18.7. The van der Waals surface area contributed by atoms with Crippen molar-refractivity contribution < 1.29 is 29.0 Å². The number of carbonyl (C=O) groups is 4. The van der Waals surface area contributed by atoms with Crippen molar-refractivity contribution in [1.29, 1.82) is 0 Å². The first-order valence-electron chi connectivity index (χ1n) is 16.2. The standard InChI is InChI=1S/C39H29ClI2N2O6/c1-50-31-17-20(16-30(42)34(31)45)33-26-14-15-27-32(37(48)43(35(27)46)24-12-10-23(41)11-13-24)28(26)19-29-36(47)44(25-9-5-8-22(40)18-25)38(49)39(29,33)21-6-3-2-4-7-21/h2-14,16-18,27-29,32-33,45H,15,19H2,1H3. The molecule has 2 aliphatic heterocycles. The van der Waals surface area contributed by atoms with Gasteiger partial charge in [-0.05, 0) is 130 Å². The molecule has 0 bridgehead atoms. The number of carbonyl (C=O) groups excluding carboxylic acids is 4. The molecule has 8 rings (SSSR count). The van der Waals surface area contributed by atoms with E-state index in [4.69, 9.17) is 16.3 Å². The summed E-state index contributed by atoms with van der Waals surface area (Å²) in [6.45, 7) is 0. The van der Waals surface area contributed by atoms with Gasteiger partial charge in [-0.2, -0.15) is 0 Å². The number of allylic oxidation sites excluding steroid dienone is 2. The highest BCUT2D eigenvalue weighted by molar-refractivity contribution is 14.1. The van der Waals surface area contributed by atoms with Crippen LogP contribution in [0.5, 0.6) is 11.5 Å². The quantitative estimate of drug-likeness (QED) is 0.126. The SMILES string of the molecule is COc1cc(C2C3=CCC4C(=O)N(c5ccc(I)cc5)C(=O)C4C3CC3C(=O)N(c4cccc(Cl)c4)C(=O)C32c2ccccc2)cc(I)c1O. The van der Waals surface area contributed by atoms with Crippen LogP contribution in [0.25, 0.3) is 0 Å². The van der Waals surface area contributed by atoms with Crippen molar-refractivity contribution >= 4 is 91.8 Å². The van der Waals surface area contributed by atoms with Gasteiger partial charge in [0, 0.05) is 14.5 Å². The fourth-order valence-electron chi connectivity index (χ4n) is 8.88. The van der Waals surface area contributed by atoms with Crippen LogP contribution in [0.1, 0.15) is 29.9 Å². The highest BCUT2D eigenvalue weighted by Crippen LogP contribution is 2.65. The molecule has 0 aromatic heterocycles. The lowest BCUT2D eigenvalue weighted by Crippen LogP contribution is -2.53. The third kappa shape index (κ3) is 4.80. The minimum absolute atomic E-state index is 0.0358. The molecule has 2 heterocycles. The van der Waals surface area contributed by atoms with E-state index >= 15 is 4.79 Å². The summed E-state index contributed by atoms with van der Waals surface area (Å²) in [4.78, 5) is 61.3. The van der Waals surface area contributed by atoms with E-state index in [0.717, 1.165) is 9.14 Å². The van der Waals surface area contributed by atoms with Crippen LogP contribution < -0.4 is 14.5 Å². The molecule has 4 aromatic carbocycles. The van der Waals surface area contributed by atoms with Crippen molar-refractivity contribution in [1.82, 2.24) is 0 Å². The van der Waals surface area contributed by atoms with Gasteiger partial charge in [0.25, 0.3) is 0 Å². The summed E-state index contributed by atoms with van der Waals surface area (Å²) in [5, 5.41) is 11.3. The van der Waals surface area contributed by atoms with Gasteiger partial charge in [-0.15, -0.1) is 0 Å². The summed E-state index contributed by atoms with van der Waals surface area (Å²) in [7, 11) is 1.46. The average Bonchev–Trinajstić information content (AvgIpc) is 3.50. The summed E-state index contributed by atoms with van der Waals surface area (Å²) in [6.07, 6.45) is 2.51. The summed E-state index contributed by atoms with van der Waals surface area (Å²) in [6, 6.07) is 26.8. The number of hydrogen-bond acceptors (Lipinski definition) is 6. The zero-order valence-electron chi connectivity index (χ0n) is 26.6. The molecule has 252 valence electrons. The molecule has 2 aliphatic carbocycles. The van der Waals surface area contributed by atoms with Crippen molar-refractivity contribution in [2.75, 3.05) is 16.9 Å².